The molecule has 0 aliphatic rings. The molecule has 8 nitrogen and oxygen atoms in total. The zero-order valence-corrected chi connectivity index (χ0v) is 30.8. The van der Waals surface area contributed by atoms with Gasteiger partial charge in [-0.05, 0) is 36.6 Å². The number of H-pyrrole nitrogens is 1. The van der Waals surface area contributed by atoms with Crippen LogP contribution >= 0.6 is 0 Å². The van der Waals surface area contributed by atoms with Crippen LogP contribution in [-0.2, 0) is 0 Å². The van der Waals surface area contributed by atoms with E-state index in [4.69, 9.17) is 9.47 Å². The highest BCUT2D eigenvalue weighted by Crippen LogP contribution is 2.29. The van der Waals surface area contributed by atoms with E-state index in [1.165, 1.54) is 109 Å². The van der Waals surface area contributed by atoms with Crippen molar-refractivity contribution in [2.75, 3.05) is 18.6 Å². The predicted octanol–water partition coefficient (Wildman–Crippen LogP) is 11.4. The molecule has 2 aromatic carbocycles. The first-order chi connectivity index (χ1) is 24.7. The molecule has 0 amide bonds. The molecule has 0 unspecified atom stereocenters. The molecule has 1 aromatic heterocycles. The van der Waals surface area contributed by atoms with Gasteiger partial charge in [-0.2, -0.15) is 10.4 Å². The largest absolute Gasteiger partial charge is 0.490 e. The van der Waals surface area contributed by atoms with Crippen molar-refractivity contribution in [1.82, 2.24) is 9.97 Å². The summed E-state index contributed by atoms with van der Waals surface area (Å²) in [5.74, 6) is 1.62. The van der Waals surface area contributed by atoms with Crippen LogP contribution in [0.1, 0.15) is 153 Å². The Morgan fingerprint density at radius 3 is 1.78 bits per heavy atom. The lowest BCUT2D eigenvalue weighted by Crippen LogP contribution is -2.16. The van der Waals surface area contributed by atoms with Crippen molar-refractivity contribution in [2.45, 2.75) is 142 Å². The monoisotopic (exact) mass is 683 g/mol. The Kier molecular flexibility index (Phi) is 20.8. The molecular formula is C42H61N5O3. The number of nitrogens with one attached hydrogen (secondary N) is 2. The molecule has 272 valence electrons. The molecule has 0 saturated carbocycles. The van der Waals surface area contributed by atoms with E-state index in [1.54, 1.807) is 6.21 Å². The molecule has 0 aliphatic heterocycles. The summed E-state index contributed by atoms with van der Waals surface area (Å²) in [5, 5.41) is 13.9. The van der Waals surface area contributed by atoms with Crippen molar-refractivity contribution in [3.63, 3.8) is 0 Å². The summed E-state index contributed by atoms with van der Waals surface area (Å²) in [6.45, 7) is 5.84. The number of hydrogen-bond acceptors (Lipinski definition) is 7. The molecule has 0 spiro atoms. The minimum absolute atomic E-state index is 0.0386. The van der Waals surface area contributed by atoms with E-state index in [0.717, 1.165) is 30.6 Å². The second-order valence-corrected chi connectivity index (χ2v) is 13.3. The van der Waals surface area contributed by atoms with Crippen molar-refractivity contribution in [3.05, 3.63) is 70.0 Å². The van der Waals surface area contributed by atoms with Crippen LogP contribution in [0.25, 0.3) is 11.3 Å². The van der Waals surface area contributed by atoms with Crippen LogP contribution in [0.15, 0.2) is 58.4 Å². The zero-order chi connectivity index (χ0) is 35.5. The van der Waals surface area contributed by atoms with Crippen LogP contribution in [0.2, 0.25) is 0 Å². The summed E-state index contributed by atoms with van der Waals surface area (Å²) in [5.41, 5.74) is 4.06. The Balaban J connectivity index is 1.54. The van der Waals surface area contributed by atoms with Crippen molar-refractivity contribution < 1.29 is 9.47 Å². The van der Waals surface area contributed by atoms with Gasteiger partial charge in [0.05, 0.1) is 25.1 Å². The molecule has 1 heterocycles. The summed E-state index contributed by atoms with van der Waals surface area (Å²) in [6.07, 6.45) is 27.3. The van der Waals surface area contributed by atoms with Crippen LogP contribution in [-0.4, -0.2) is 29.4 Å². The molecule has 0 atom stereocenters. The fraction of sp³-hybridized carbons (Fsp3) is 0.571. The average Bonchev–Trinajstić information content (AvgIpc) is 3.13. The van der Waals surface area contributed by atoms with Crippen LogP contribution < -0.4 is 20.5 Å². The van der Waals surface area contributed by atoms with Gasteiger partial charge in [0.25, 0.3) is 5.56 Å². The van der Waals surface area contributed by atoms with E-state index < -0.39 is 5.56 Å². The first kappa shape index (κ1) is 40.3. The molecule has 50 heavy (non-hydrogen) atoms. The summed E-state index contributed by atoms with van der Waals surface area (Å²) in [7, 11) is 0. The SMILES string of the molecule is CCCCCCCCCCCCOc1ccc(C=NNc2nc(-c3ccccc3)c(C#N)c(=O)[nH]2)cc1OCCCCCCCCCCCC. The van der Waals surface area contributed by atoms with Gasteiger partial charge in [-0.15, -0.1) is 0 Å². The summed E-state index contributed by atoms with van der Waals surface area (Å²) >= 11 is 0. The number of hydrazone groups is 1. The maximum absolute atomic E-state index is 12.6. The Labute approximate surface area is 301 Å². The van der Waals surface area contributed by atoms with Crippen molar-refractivity contribution in [1.29, 1.82) is 5.26 Å². The number of nitriles is 1. The smallest absolute Gasteiger partial charge is 0.270 e. The molecule has 0 saturated heterocycles. The standard InChI is InChI=1S/C42H61N5O3/c1-3-5-7-9-11-13-15-17-19-24-30-49-38-29-28-35(32-39(38)50-31-25-20-18-16-14-12-10-8-6-4-2)34-44-47-42-45-40(36-26-22-21-23-27-36)37(33-43)41(48)46-42/h21-23,26-29,32,34H,3-20,24-25,30-31H2,1-2H3,(H2,45,46,47,48). The van der Waals surface area contributed by atoms with E-state index in [9.17, 15) is 10.1 Å². The van der Waals surface area contributed by atoms with Crippen LogP contribution in [0.3, 0.4) is 0 Å². The number of anilines is 1. The molecule has 0 bridgehead atoms. The highest BCUT2D eigenvalue weighted by atomic mass is 16.5. The van der Waals surface area contributed by atoms with E-state index in [-0.39, 0.29) is 11.5 Å². The molecule has 0 aliphatic carbocycles. The number of rotatable bonds is 28. The molecule has 0 radical (unpaired) electrons. The van der Waals surface area contributed by atoms with E-state index >= 15 is 0 Å². The van der Waals surface area contributed by atoms with Gasteiger partial charge in [-0.1, -0.05) is 160 Å². The highest BCUT2D eigenvalue weighted by Gasteiger charge is 2.13. The van der Waals surface area contributed by atoms with Crippen LogP contribution in [0.5, 0.6) is 11.5 Å². The minimum Gasteiger partial charge on any atom is -0.490 e. The van der Waals surface area contributed by atoms with E-state index in [2.05, 4.69) is 34.3 Å². The van der Waals surface area contributed by atoms with Gasteiger partial charge in [-0.3, -0.25) is 9.78 Å². The number of ether oxygens (including phenoxy) is 2. The molecule has 8 heteroatoms. The Morgan fingerprint density at radius 1 is 0.720 bits per heavy atom. The lowest BCUT2D eigenvalue weighted by atomic mass is 10.1. The van der Waals surface area contributed by atoms with Gasteiger partial charge >= 0.3 is 0 Å². The average molecular weight is 684 g/mol. The molecule has 3 rings (SSSR count). The fourth-order valence-corrected chi connectivity index (χ4v) is 5.98. The normalized spacial score (nSPS) is 11.1. The summed E-state index contributed by atoms with van der Waals surface area (Å²) in [6, 6.07) is 17.0. The maximum atomic E-state index is 12.6. The van der Waals surface area contributed by atoms with E-state index in [1.807, 2.05) is 54.6 Å². The zero-order valence-electron chi connectivity index (χ0n) is 30.8. The molecule has 3 aromatic rings. The van der Waals surface area contributed by atoms with E-state index in [0.29, 0.717) is 30.2 Å². The topological polar surface area (TPSA) is 112 Å². The Hall–Kier alpha value is -4.12. The van der Waals surface area contributed by atoms with Crippen molar-refractivity contribution in [2.24, 2.45) is 5.10 Å². The molecular weight excluding hydrogens is 622 g/mol. The third-order valence-electron chi connectivity index (χ3n) is 8.94. The second kappa shape index (κ2) is 25.8. The number of aromatic amines is 1. The predicted molar refractivity (Wildman–Crippen MR) is 207 cm³/mol. The number of aromatic nitrogens is 2. The molecule has 2 N–H and O–H groups in total. The number of hydrogen-bond donors (Lipinski definition) is 2. The van der Waals surface area contributed by atoms with Crippen molar-refractivity contribution in [3.8, 4) is 28.8 Å². The van der Waals surface area contributed by atoms with Gasteiger partial charge < -0.3 is 9.47 Å². The minimum atomic E-state index is -0.523. The maximum Gasteiger partial charge on any atom is 0.270 e. The first-order valence-corrected chi connectivity index (χ1v) is 19.4. The first-order valence-electron chi connectivity index (χ1n) is 19.4. The second-order valence-electron chi connectivity index (χ2n) is 13.3. The third kappa shape index (κ3) is 16.1. The Morgan fingerprint density at radius 2 is 1.24 bits per heavy atom. The number of nitrogens with zero attached hydrogens (tertiary/aromatic N) is 3. The van der Waals surface area contributed by atoms with Gasteiger partial charge in [0, 0.05) is 5.56 Å². The third-order valence-corrected chi connectivity index (χ3v) is 8.94. The van der Waals surface area contributed by atoms with Crippen LogP contribution in [0.4, 0.5) is 5.95 Å². The number of unbranched alkanes of at least 4 members (excludes halogenated alkanes) is 18. The quantitative estimate of drug-likeness (QED) is 0.0447. The van der Waals surface area contributed by atoms with Crippen LogP contribution in [0, 0.1) is 11.3 Å². The molecule has 0 fully saturated rings. The lowest BCUT2D eigenvalue weighted by Gasteiger charge is -2.14. The number of benzene rings is 2. The van der Waals surface area contributed by atoms with Gasteiger partial charge in [0.15, 0.2) is 11.5 Å². The highest BCUT2D eigenvalue weighted by molar-refractivity contribution is 5.81. The Bertz CT molecular complexity index is 1460. The van der Waals surface area contributed by atoms with Gasteiger partial charge in [-0.25, -0.2) is 10.4 Å². The lowest BCUT2D eigenvalue weighted by molar-refractivity contribution is 0.258. The summed E-state index contributed by atoms with van der Waals surface area (Å²) in [4.78, 5) is 19.7. The fourth-order valence-electron chi connectivity index (χ4n) is 5.98. The van der Waals surface area contributed by atoms with Gasteiger partial charge in [0.1, 0.15) is 11.6 Å². The van der Waals surface area contributed by atoms with Crippen molar-refractivity contribution >= 4 is 12.2 Å². The van der Waals surface area contributed by atoms with Gasteiger partial charge in [0.2, 0.25) is 5.95 Å². The summed E-state index contributed by atoms with van der Waals surface area (Å²) < 4.78 is 12.5.